The van der Waals surface area contributed by atoms with Gasteiger partial charge in [0, 0.05) is 26.3 Å². The van der Waals surface area contributed by atoms with Crippen molar-refractivity contribution in [2.45, 2.75) is 46.6 Å². The number of aliphatic hydroxyl groups excluding tert-OH is 1. The van der Waals surface area contributed by atoms with Crippen LogP contribution in [-0.4, -0.2) is 53.1 Å². The third-order valence-corrected chi connectivity index (χ3v) is 5.19. The number of hydrogen-bond donors (Lipinski definition) is 1. The number of rotatable bonds is 12. The van der Waals surface area contributed by atoms with Gasteiger partial charge in [-0.15, -0.1) is 0 Å². The second kappa shape index (κ2) is 16.2. The summed E-state index contributed by atoms with van der Waals surface area (Å²) in [6.45, 7) is 11.9. The minimum atomic E-state index is -0.550. The van der Waals surface area contributed by atoms with Crippen molar-refractivity contribution in [1.82, 2.24) is 14.8 Å². The lowest BCUT2D eigenvalue weighted by Gasteiger charge is -2.27. The van der Waals surface area contributed by atoms with Crippen LogP contribution in [0.15, 0.2) is 66.9 Å². The van der Waals surface area contributed by atoms with Crippen molar-refractivity contribution in [2.24, 2.45) is 0 Å². The van der Waals surface area contributed by atoms with E-state index in [1.54, 1.807) is 12.1 Å². The fourth-order valence-electron chi connectivity index (χ4n) is 3.31. The second-order valence-corrected chi connectivity index (χ2v) is 7.36. The van der Waals surface area contributed by atoms with E-state index in [4.69, 9.17) is 0 Å². The quantitative estimate of drug-likeness (QED) is 0.414. The third-order valence-electron chi connectivity index (χ3n) is 5.19. The first-order chi connectivity index (χ1) is 15.5. The van der Waals surface area contributed by atoms with Gasteiger partial charge in [0.1, 0.15) is 5.82 Å². The molecular weight excluding hydrogens is 401 g/mol. The van der Waals surface area contributed by atoms with Gasteiger partial charge in [0.25, 0.3) is 0 Å². The van der Waals surface area contributed by atoms with E-state index in [0.29, 0.717) is 6.42 Å². The third kappa shape index (κ3) is 9.75. The smallest absolute Gasteiger partial charge is 0.123 e. The summed E-state index contributed by atoms with van der Waals surface area (Å²) in [6.07, 6.45) is 8.97. The molecule has 0 fully saturated rings. The van der Waals surface area contributed by atoms with Gasteiger partial charge >= 0.3 is 0 Å². The van der Waals surface area contributed by atoms with Crippen LogP contribution in [0.25, 0.3) is 5.70 Å². The van der Waals surface area contributed by atoms with Gasteiger partial charge in [-0.05, 0) is 68.8 Å². The van der Waals surface area contributed by atoms with Gasteiger partial charge in [0.05, 0.1) is 17.5 Å². The zero-order valence-electron chi connectivity index (χ0n) is 20.3. The van der Waals surface area contributed by atoms with Gasteiger partial charge in [-0.1, -0.05) is 51.1 Å². The topological polar surface area (TPSA) is 39.6 Å². The minimum absolute atomic E-state index is 0.277. The van der Waals surface area contributed by atoms with Gasteiger partial charge < -0.3 is 14.9 Å². The molecule has 1 atom stereocenters. The van der Waals surface area contributed by atoms with E-state index >= 15 is 0 Å². The monoisotopic (exact) mass is 441 g/mol. The average molecular weight is 442 g/mol. The number of nitrogens with zero attached hydrogens (tertiary/aromatic N) is 3. The first-order valence-electron chi connectivity index (χ1n) is 11.7. The van der Waals surface area contributed by atoms with Crippen LogP contribution in [0, 0.1) is 5.82 Å². The molecule has 0 bridgehead atoms. The van der Waals surface area contributed by atoms with Crippen LogP contribution in [0.3, 0.4) is 0 Å². The number of aromatic nitrogens is 1. The van der Waals surface area contributed by atoms with Crippen molar-refractivity contribution in [3.8, 4) is 0 Å². The van der Waals surface area contributed by atoms with E-state index in [9.17, 15) is 9.50 Å². The van der Waals surface area contributed by atoms with Gasteiger partial charge in [0.15, 0.2) is 0 Å². The van der Waals surface area contributed by atoms with Crippen molar-refractivity contribution in [2.75, 3.05) is 33.2 Å². The van der Waals surface area contributed by atoms with Crippen LogP contribution in [0.2, 0.25) is 0 Å². The van der Waals surface area contributed by atoms with Crippen molar-refractivity contribution >= 4 is 5.70 Å². The molecule has 0 spiro atoms. The second-order valence-electron chi connectivity index (χ2n) is 7.36. The number of hydrogen-bond acceptors (Lipinski definition) is 4. The lowest BCUT2D eigenvalue weighted by atomic mass is 10.0. The molecule has 1 unspecified atom stereocenters. The van der Waals surface area contributed by atoms with Gasteiger partial charge in [-0.3, -0.25) is 4.98 Å². The Bertz CT molecular complexity index is 790. The number of aliphatic hydroxyl groups is 1. The molecule has 32 heavy (non-hydrogen) atoms. The summed E-state index contributed by atoms with van der Waals surface area (Å²) in [6, 6.07) is 12.1. The zero-order valence-corrected chi connectivity index (χ0v) is 20.3. The number of likely N-dealkylation sites (N-methyl/N-ethyl adjacent to an activating group) is 2. The molecular formula is C27H40FN3O. The molecule has 0 aliphatic rings. The largest absolute Gasteiger partial charge is 0.388 e. The lowest BCUT2D eigenvalue weighted by Crippen LogP contribution is -2.33. The first kappa shape index (κ1) is 27.5. The summed E-state index contributed by atoms with van der Waals surface area (Å²) in [5.74, 6) is -0.277. The van der Waals surface area contributed by atoms with Crippen LogP contribution in [0.4, 0.5) is 4.39 Å². The van der Waals surface area contributed by atoms with E-state index < -0.39 is 6.10 Å². The SMILES string of the molecule is C/C=C\C=C(/c1ccccn1)N(C)CCN(CC)CCCC(O)c1ccc(F)cc1.CC. The van der Waals surface area contributed by atoms with Gasteiger partial charge in [-0.2, -0.15) is 0 Å². The van der Waals surface area contributed by atoms with E-state index in [1.807, 2.05) is 57.3 Å². The van der Waals surface area contributed by atoms with Crippen LogP contribution < -0.4 is 0 Å². The molecule has 4 nitrogen and oxygen atoms in total. The Morgan fingerprint density at radius 1 is 1.09 bits per heavy atom. The maximum absolute atomic E-state index is 13.0. The molecule has 1 heterocycles. The van der Waals surface area contributed by atoms with Gasteiger partial charge in [-0.25, -0.2) is 4.39 Å². The van der Waals surface area contributed by atoms with Gasteiger partial charge in [0.2, 0.25) is 0 Å². The van der Waals surface area contributed by atoms with Crippen molar-refractivity contribution in [3.05, 3.63) is 84.0 Å². The molecule has 1 N–H and O–H groups in total. The molecule has 0 radical (unpaired) electrons. The molecule has 2 aromatic rings. The summed E-state index contributed by atoms with van der Waals surface area (Å²) < 4.78 is 13.0. The van der Waals surface area contributed by atoms with E-state index in [1.165, 1.54) is 12.1 Å². The molecule has 1 aromatic carbocycles. The lowest BCUT2D eigenvalue weighted by molar-refractivity contribution is 0.155. The summed E-state index contributed by atoms with van der Waals surface area (Å²) >= 11 is 0. The van der Waals surface area contributed by atoms with Crippen LogP contribution in [0.1, 0.15) is 57.9 Å². The molecule has 2 rings (SSSR count). The van der Waals surface area contributed by atoms with Crippen LogP contribution in [0.5, 0.6) is 0 Å². The fraction of sp³-hybridized carbons (Fsp3) is 0.444. The Morgan fingerprint density at radius 2 is 1.81 bits per heavy atom. The number of pyridine rings is 1. The van der Waals surface area contributed by atoms with E-state index in [-0.39, 0.29) is 5.82 Å². The predicted octanol–water partition coefficient (Wildman–Crippen LogP) is 5.93. The summed E-state index contributed by atoms with van der Waals surface area (Å²) in [5, 5.41) is 10.3. The Morgan fingerprint density at radius 3 is 2.41 bits per heavy atom. The number of benzene rings is 1. The Kier molecular flexibility index (Phi) is 13.9. The van der Waals surface area contributed by atoms with Crippen molar-refractivity contribution in [1.29, 1.82) is 0 Å². The molecule has 0 saturated heterocycles. The number of allylic oxidation sites excluding steroid dienone is 3. The molecule has 176 valence electrons. The van der Waals surface area contributed by atoms with Crippen LogP contribution >= 0.6 is 0 Å². The zero-order chi connectivity index (χ0) is 23.8. The Balaban J connectivity index is 0.00000249. The minimum Gasteiger partial charge on any atom is -0.388 e. The molecule has 0 aliphatic heterocycles. The molecule has 5 heteroatoms. The molecule has 0 amide bonds. The standard InChI is InChI=1S/C25H34FN3O.C2H6/c1-4-6-11-24(23-10-7-8-17-27-23)28(3)19-20-29(5-2)18-9-12-25(30)21-13-15-22(26)16-14-21;1-2/h4,6-8,10-11,13-17,25,30H,5,9,12,18-20H2,1-3H3;1-2H3/b6-4-,24-11+;. The number of halogens is 1. The summed E-state index contributed by atoms with van der Waals surface area (Å²) in [4.78, 5) is 9.12. The van der Waals surface area contributed by atoms with E-state index in [0.717, 1.165) is 49.6 Å². The normalized spacial score (nSPS) is 12.6. The molecule has 0 aliphatic carbocycles. The highest BCUT2D eigenvalue weighted by Crippen LogP contribution is 2.19. The Hall–Kier alpha value is -2.50. The molecule has 1 aromatic heterocycles. The highest BCUT2D eigenvalue weighted by atomic mass is 19.1. The first-order valence-corrected chi connectivity index (χ1v) is 11.7. The van der Waals surface area contributed by atoms with E-state index in [2.05, 4.69) is 34.8 Å². The summed E-state index contributed by atoms with van der Waals surface area (Å²) in [5.41, 5.74) is 2.83. The summed E-state index contributed by atoms with van der Waals surface area (Å²) in [7, 11) is 2.09. The fourth-order valence-corrected chi connectivity index (χ4v) is 3.31. The van der Waals surface area contributed by atoms with Crippen molar-refractivity contribution < 1.29 is 9.50 Å². The molecule has 0 saturated carbocycles. The average Bonchev–Trinajstić information content (AvgIpc) is 2.83. The van der Waals surface area contributed by atoms with Crippen molar-refractivity contribution in [3.63, 3.8) is 0 Å². The highest BCUT2D eigenvalue weighted by molar-refractivity contribution is 5.62. The Labute approximate surface area is 194 Å². The predicted molar refractivity (Wildman–Crippen MR) is 134 cm³/mol. The maximum atomic E-state index is 13.0. The van der Waals surface area contributed by atoms with Crippen LogP contribution in [-0.2, 0) is 0 Å². The maximum Gasteiger partial charge on any atom is 0.123 e. The highest BCUT2D eigenvalue weighted by Gasteiger charge is 2.12.